The molecule has 0 atom stereocenters. The number of fused-ring (bicyclic) bond motifs is 1. The Kier molecular flexibility index (Phi) is 3.99. The smallest absolute Gasteiger partial charge is 0.264 e. The minimum Gasteiger partial charge on any atom is -0.378 e. The van der Waals surface area contributed by atoms with Gasteiger partial charge in [-0.2, -0.15) is 0 Å². The van der Waals surface area contributed by atoms with Crippen LogP contribution in [0.2, 0.25) is 0 Å². The van der Waals surface area contributed by atoms with E-state index in [1.54, 1.807) is 7.11 Å². The maximum absolute atomic E-state index is 12.0. The van der Waals surface area contributed by atoms with Gasteiger partial charge < -0.3 is 14.6 Å². The minimum atomic E-state index is -0.120. The number of methoxy groups -OCH3 is 1. The summed E-state index contributed by atoms with van der Waals surface area (Å²) in [6.07, 6.45) is 1.03. The number of nitrogens with zero attached hydrogens (tertiary/aromatic N) is 2. The van der Waals surface area contributed by atoms with Crippen LogP contribution in [0.3, 0.4) is 0 Å². The third-order valence-corrected chi connectivity index (χ3v) is 4.81. The zero-order chi connectivity index (χ0) is 15.0. The first-order valence-corrected chi connectivity index (χ1v) is 7.80. The van der Waals surface area contributed by atoms with Crippen molar-refractivity contribution in [3.8, 4) is 11.4 Å². The van der Waals surface area contributed by atoms with Gasteiger partial charge in [0.05, 0.1) is 12.3 Å². The van der Waals surface area contributed by atoms with Crippen molar-refractivity contribution in [3.05, 3.63) is 43.4 Å². The van der Waals surface area contributed by atoms with E-state index < -0.39 is 0 Å². The van der Waals surface area contributed by atoms with E-state index in [1.165, 1.54) is 11.3 Å². The van der Waals surface area contributed by atoms with Gasteiger partial charge in [0.2, 0.25) is 0 Å². The summed E-state index contributed by atoms with van der Waals surface area (Å²) >= 11 is 2.00. The highest BCUT2D eigenvalue weighted by atomic mass is 127. The van der Waals surface area contributed by atoms with Gasteiger partial charge in [-0.1, -0.05) is 0 Å². The summed E-state index contributed by atoms with van der Waals surface area (Å²) in [5.74, 6) is 0.602. The monoisotopic (exact) mass is 397 g/mol. The Morgan fingerprint density at radius 1 is 1.48 bits per heavy atom. The van der Waals surface area contributed by atoms with Crippen molar-refractivity contribution in [2.45, 2.75) is 13.0 Å². The van der Waals surface area contributed by atoms with E-state index in [2.05, 4.69) is 34.0 Å². The Hall–Kier alpha value is -1.41. The molecule has 0 radical (unpaired) electrons. The fraction of sp³-hybridized carbons (Fsp3) is 0.333. The van der Waals surface area contributed by atoms with E-state index in [-0.39, 0.29) is 5.56 Å². The summed E-state index contributed by atoms with van der Waals surface area (Å²) in [7, 11) is 3.69. The lowest BCUT2D eigenvalue weighted by Gasteiger charge is -2.12. The molecule has 1 aliphatic rings. The van der Waals surface area contributed by atoms with E-state index in [1.807, 2.05) is 28.7 Å². The molecule has 0 fully saturated rings. The second-order valence-corrected chi connectivity index (χ2v) is 6.20. The molecule has 0 saturated heterocycles. The third-order valence-electron chi connectivity index (χ3n) is 3.69. The minimum absolute atomic E-state index is 0.120. The average Bonchev–Trinajstić information content (AvgIpc) is 2.85. The van der Waals surface area contributed by atoms with Crippen LogP contribution in [0.1, 0.15) is 11.3 Å². The van der Waals surface area contributed by atoms with Crippen LogP contribution in [0.15, 0.2) is 23.0 Å². The summed E-state index contributed by atoms with van der Waals surface area (Å²) < 4.78 is 5.70. The highest BCUT2D eigenvalue weighted by molar-refractivity contribution is 14.1. The van der Waals surface area contributed by atoms with Gasteiger partial charge in [-0.3, -0.25) is 4.79 Å². The van der Waals surface area contributed by atoms with Crippen LogP contribution in [0.5, 0.6) is 0 Å². The number of ether oxygens (including phenoxy) is 1. The van der Waals surface area contributed by atoms with E-state index in [4.69, 9.17) is 4.74 Å². The number of rotatable bonds is 3. The number of likely N-dealkylation sites (N-methyl/N-ethyl adjacent to an activating group) is 1. The number of hydrogen-bond donors (Lipinski definition) is 1. The molecule has 0 bridgehead atoms. The van der Waals surface area contributed by atoms with Gasteiger partial charge in [0.15, 0.2) is 0 Å². The van der Waals surface area contributed by atoms with Gasteiger partial charge >= 0.3 is 0 Å². The second-order valence-electron chi connectivity index (χ2n) is 5.12. The van der Waals surface area contributed by atoms with Crippen LogP contribution < -0.4 is 10.5 Å². The van der Waals surface area contributed by atoms with Crippen LogP contribution >= 0.6 is 22.6 Å². The van der Waals surface area contributed by atoms with Gasteiger partial charge in [-0.05, 0) is 52.8 Å². The molecule has 1 aromatic heterocycles. The van der Waals surface area contributed by atoms with Crippen LogP contribution in [-0.2, 0) is 17.8 Å². The van der Waals surface area contributed by atoms with Crippen molar-refractivity contribution in [1.29, 1.82) is 0 Å². The summed E-state index contributed by atoms with van der Waals surface area (Å²) in [4.78, 5) is 21.6. The van der Waals surface area contributed by atoms with Crippen molar-refractivity contribution < 1.29 is 4.74 Å². The summed E-state index contributed by atoms with van der Waals surface area (Å²) in [5.41, 5.74) is 4.04. The lowest BCUT2D eigenvalue weighted by Crippen LogP contribution is -2.16. The number of anilines is 1. The van der Waals surface area contributed by atoms with Gasteiger partial charge in [0.1, 0.15) is 9.39 Å². The maximum Gasteiger partial charge on any atom is 0.264 e. The van der Waals surface area contributed by atoms with E-state index >= 15 is 0 Å². The normalized spacial score (nSPS) is 13.6. The predicted molar refractivity (Wildman–Crippen MR) is 90.7 cm³/mol. The van der Waals surface area contributed by atoms with Crippen LogP contribution in [-0.4, -0.2) is 30.7 Å². The Morgan fingerprint density at radius 3 is 3.05 bits per heavy atom. The van der Waals surface area contributed by atoms with E-state index in [9.17, 15) is 4.79 Å². The lowest BCUT2D eigenvalue weighted by molar-refractivity contribution is 0.180. The molecule has 110 valence electrons. The van der Waals surface area contributed by atoms with Crippen molar-refractivity contribution >= 4 is 28.3 Å². The standard InChI is InChI=1S/C15H16IN3O2/c1-19-6-5-9-7-10(3-4-12(9)19)14-17-11(8-21-2)13(16)15(20)18-14/h3-4,7H,5-6,8H2,1-2H3,(H,17,18,20). The molecule has 2 aromatic rings. The van der Waals surface area contributed by atoms with Crippen molar-refractivity contribution in [2.75, 3.05) is 25.6 Å². The molecule has 0 amide bonds. The van der Waals surface area contributed by atoms with Crippen LogP contribution in [0, 0.1) is 3.57 Å². The molecule has 1 aliphatic heterocycles. The first kappa shape index (κ1) is 14.5. The van der Waals surface area contributed by atoms with Gasteiger partial charge in [0, 0.05) is 32.0 Å². The Balaban J connectivity index is 2.07. The fourth-order valence-corrected chi connectivity index (χ4v) is 3.00. The number of hydrogen-bond acceptors (Lipinski definition) is 4. The molecule has 0 aliphatic carbocycles. The summed E-state index contributed by atoms with van der Waals surface area (Å²) in [5, 5.41) is 0. The molecule has 1 N–H and O–H groups in total. The fourth-order valence-electron chi connectivity index (χ4n) is 2.59. The molecule has 5 nitrogen and oxygen atoms in total. The highest BCUT2D eigenvalue weighted by Gasteiger charge is 2.17. The number of benzene rings is 1. The van der Waals surface area contributed by atoms with Crippen molar-refractivity contribution in [3.63, 3.8) is 0 Å². The molecule has 6 heteroatoms. The molecule has 3 rings (SSSR count). The molecular formula is C15H16IN3O2. The molecule has 2 heterocycles. The average molecular weight is 397 g/mol. The number of halogens is 1. The molecule has 0 spiro atoms. The van der Waals surface area contributed by atoms with Crippen LogP contribution in [0.4, 0.5) is 5.69 Å². The highest BCUT2D eigenvalue weighted by Crippen LogP contribution is 2.30. The number of aromatic nitrogens is 2. The lowest BCUT2D eigenvalue weighted by atomic mass is 10.1. The number of aromatic amines is 1. The number of H-pyrrole nitrogens is 1. The third kappa shape index (κ3) is 2.69. The van der Waals surface area contributed by atoms with Gasteiger partial charge in [-0.15, -0.1) is 0 Å². The molecule has 21 heavy (non-hydrogen) atoms. The quantitative estimate of drug-likeness (QED) is 0.807. The predicted octanol–water partition coefficient (Wildman–Crippen LogP) is 2.18. The zero-order valence-corrected chi connectivity index (χ0v) is 14.1. The van der Waals surface area contributed by atoms with Crippen molar-refractivity contribution in [2.24, 2.45) is 0 Å². The molecule has 0 unspecified atom stereocenters. The Labute approximate surface area is 136 Å². The largest absolute Gasteiger partial charge is 0.378 e. The topological polar surface area (TPSA) is 58.2 Å². The van der Waals surface area contributed by atoms with Gasteiger partial charge in [-0.25, -0.2) is 4.98 Å². The van der Waals surface area contributed by atoms with Crippen molar-refractivity contribution in [1.82, 2.24) is 9.97 Å². The van der Waals surface area contributed by atoms with Gasteiger partial charge in [0.25, 0.3) is 5.56 Å². The first-order chi connectivity index (χ1) is 10.1. The first-order valence-electron chi connectivity index (χ1n) is 6.72. The zero-order valence-electron chi connectivity index (χ0n) is 11.9. The van der Waals surface area contributed by atoms with E-state index in [0.717, 1.165) is 18.5 Å². The maximum atomic E-state index is 12.0. The SMILES string of the molecule is COCc1nc(-c2ccc3c(c2)CCN3C)[nH]c(=O)c1I. The molecule has 1 aromatic carbocycles. The summed E-state index contributed by atoms with van der Waals surface area (Å²) in [6.45, 7) is 1.37. The Morgan fingerprint density at radius 2 is 2.29 bits per heavy atom. The Bertz CT molecular complexity index is 742. The second kappa shape index (κ2) is 5.76. The summed E-state index contributed by atoms with van der Waals surface area (Å²) in [6, 6.07) is 6.20. The van der Waals surface area contributed by atoms with Crippen LogP contribution in [0.25, 0.3) is 11.4 Å². The molecular weight excluding hydrogens is 381 g/mol. The molecule has 0 saturated carbocycles. The van der Waals surface area contributed by atoms with E-state index in [0.29, 0.717) is 21.7 Å². The number of nitrogens with one attached hydrogen (secondary N) is 1.